The van der Waals surface area contributed by atoms with E-state index in [1.807, 2.05) is 6.92 Å². The molecule has 18 atom stereocenters. The van der Waals surface area contributed by atoms with Gasteiger partial charge in [0, 0.05) is 31.8 Å². The van der Waals surface area contributed by atoms with Gasteiger partial charge in [0.25, 0.3) is 0 Å². The minimum absolute atomic E-state index is 0. The second kappa shape index (κ2) is 105. The molecule has 0 aromatic heterocycles. The highest BCUT2D eigenvalue weighted by molar-refractivity contribution is 5.77. The van der Waals surface area contributed by atoms with Crippen LogP contribution in [0.5, 0.6) is 0 Å². The van der Waals surface area contributed by atoms with Gasteiger partial charge in [0.15, 0.2) is 0 Å². The maximum atomic E-state index is 12.7. The van der Waals surface area contributed by atoms with Crippen molar-refractivity contribution in [2.75, 3.05) is 52.9 Å². The van der Waals surface area contributed by atoms with Crippen LogP contribution in [-0.4, -0.2) is 256 Å². The SMILES string of the molecule is C.CCCCCCCCCCCCCCCCCCCCCCCCCC(=O)NC(COC1CC(CO)C(O)C(O)C1O)C(O)CCC.CCCCCCCCCCCCCCCCCCCCCCCCCC(=O)NC(COCC(O)C(O)C(O)CO)C(O)C(O)CC.CCCCCCCCCCCCCCCCCCCCCCCCCC(=O)NC(COCC(O)C(O)CO)C(O)C(O)CC. The summed E-state index contributed by atoms with van der Waals surface area (Å²) in [4.78, 5) is 37.6. The highest BCUT2D eigenvalue weighted by Crippen LogP contribution is 2.29. The Labute approximate surface area is 845 Å². The molecule has 0 saturated heterocycles. The van der Waals surface area contributed by atoms with E-state index in [1.165, 1.54) is 385 Å². The van der Waals surface area contributed by atoms with Crippen LogP contribution in [0.15, 0.2) is 0 Å². The predicted molar refractivity (Wildman–Crippen MR) is 566 cm³/mol. The zero-order chi connectivity index (χ0) is 101. The number of aliphatic hydroxyl groups is 16. The molecular weight excluding hydrogens is 1750 g/mol. The van der Waals surface area contributed by atoms with E-state index in [9.17, 15) is 85.9 Å². The van der Waals surface area contributed by atoms with E-state index in [0.717, 1.165) is 64.2 Å². The fraction of sp³-hybridized carbons (Fsp3) is 0.973. The molecule has 1 fully saturated rings. The Balaban J connectivity index is -0.00000198. The van der Waals surface area contributed by atoms with Crippen molar-refractivity contribution in [2.45, 2.75) is 647 Å². The number of nitrogens with one attached hydrogen (secondary N) is 3. The van der Waals surface area contributed by atoms with Gasteiger partial charge in [-0.05, 0) is 44.9 Å². The molecule has 1 aliphatic carbocycles. The zero-order valence-electron chi connectivity index (χ0n) is 89.1. The van der Waals surface area contributed by atoms with Crippen LogP contribution in [0.3, 0.4) is 0 Å². The number of ether oxygens (including phenoxy) is 3. The van der Waals surface area contributed by atoms with Crippen molar-refractivity contribution in [3.05, 3.63) is 0 Å². The first-order chi connectivity index (χ1) is 66.5. The topological polar surface area (TPSA) is 439 Å². The molecule has 0 aromatic carbocycles. The second-order valence-electron chi connectivity index (χ2n) is 41.1. The molecule has 1 aliphatic rings. The molecule has 0 aromatic rings. The number of unbranched alkanes of at least 4 members (excludes halogenated alkanes) is 66. The average Bonchev–Trinajstić information content (AvgIpc) is 0.814. The molecule has 1 saturated carbocycles. The Morgan fingerprint density at radius 3 is 0.725 bits per heavy atom. The van der Waals surface area contributed by atoms with Crippen molar-refractivity contribution in [3.8, 4) is 0 Å². The fourth-order valence-electron chi connectivity index (χ4n) is 18.4. The number of amides is 3. The lowest BCUT2D eigenvalue weighted by Gasteiger charge is -2.40. The summed E-state index contributed by atoms with van der Waals surface area (Å²) in [5, 5.41) is 166. The van der Waals surface area contributed by atoms with Crippen molar-refractivity contribution in [2.24, 2.45) is 5.92 Å². The number of carbonyl (C=O) groups is 3. The molecule has 0 spiro atoms. The van der Waals surface area contributed by atoms with E-state index in [0.29, 0.717) is 32.1 Å². The van der Waals surface area contributed by atoms with Crippen LogP contribution in [0.1, 0.15) is 543 Å². The smallest absolute Gasteiger partial charge is 0.220 e. The summed E-state index contributed by atoms with van der Waals surface area (Å²) in [5.41, 5.74) is 0. The Kier molecular flexibility index (Phi) is 106. The highest BCUT2D eigenvalue weighted by atomic mass is 16.5. The van der Waals surface area contributed by atoms with Gasteiger partial charge in [0.05, 0.1) is 94.9 Å². The molecule has 3 amide bonds. The van der Waals surface area contributed by atoms with Crippen LogP contribution in [0, 0.1) is 5.92 Å². The van der Waals surface area contributed by atoms with E-state index < -0.39 is 123 Å². The summed E-state index contributed by atoms with van der Waals surface area (Å²) in [6, 6.07) is -2.35. The Morgan fingerprint density at radius 2 is 0.493 bits per heavy atom. The van der Waals surface area contributed by atoms with E-state index in [2.05, 4.69) is 36.7 Å². The lowest BCUT2D eigenvalue weighted by Crippen LogP contribution is -2.56. The first kappa shape index (κ1) is 140. The third-order valence-corrected chi connectivity index (χ3v) is 28.2. The summed E-state index contributed by atoms with van der Waals surface area (Å²) in [6.45, 7) is 9.63. The Morgan fingerprint density at radius 1 is 0.254 bits per heavy atom. The standard InChI is InChI=1S/C39H77NO7.C37H75NO8.C36H73NO7.CH4/c1-3-5-6-7-8-9-10-11-12-13-14-15-16-17-18-19-20-21-22-23-24-25-26-28-36(43)40-33(34(42)27-4-2)31-47-35-29-32(30-41)37(44)39(46)38(35)45;1-3-5-6-7-8-9-10-11-12-13-14-15-16-17-18-19-20-21-22-23-24-25-26-27-35(43)38-31(36(44)32(40)4-2)29-46-30-34(42)37(45)33(41)28-39;1-3-5-6-7-8-9-10-11-12-13-14-15-16-17-18-19-20-21-22-23-24-25-26-27-35(42)37-31(36(43)32(39)4-2)29-44-30-34(41)33(40)28-38;/h32-35,37-39,41-42,44-46H,3-31H2,1-2H3,(H,40,43);31-34,36-37,39-42,44-45H,3-30H2,1-2H3,(H,38,43);31-34,36,38-41,43H,3-30H2,1-2H3,(H,37,42);1H4. The van der Waals surface area contributed by atoms with Crippen LogP contribution in [0.2, 0.25) is 0 Å². The van der Waals surface area contributed by atoms with Crippen LogP contribution >= 0.6 is 0 Å². The van der Waals surface area contributed by atoms with E-state index in [4.69, 9.17) is 24.4 Å². The van der Waals surface area contributed by atoms with E-state index in [-0.39, 0.29) is 77.6 Å². The van der Waals surface area contributed by atoms with Gasteiger partial charge in [0.2, 0.25) is 17.7 Å². The minimum Gasteiger partial charge on any atom is -0.396 e. The Bertz CT molecular complexity index is 2490. The summed E-state index contributed by atoms with van der Waals surface area (Å²) in [5.74, 6) is -1.17. The first-order valence-corrected chi connectivity index (χ1v) is 57.8. The number of aliphatic hydroxyl groups excluding tert-OH is 16. The summed E-state index contributed by atoms with van der Waals surface area (Å²) in [6.07, 6.45) is 77.3. The number of hydrogen-bond acceptors (Lipinski definition) is 22. The third-order valence-electron chi connectivity index (χ3n) is 28.2. The van der Waals surface area contributed by atoms with Gasteiger partial charge in [-0.2, -0.15) is 0 Å². The van der Waals surface area contributed by atoms with Crippen LogP contribution < -0.4 is 16.0 Å². The molecule has 25 heteroatoms. The molecule has 828 valence electrons. The van der Waals surface area contributed by atoms with Gasteiger partial charge in [-0.1, -0.05) is 479 Å². The molecule has 18 unspecified atom stereocenters. The van der Waals surface area contributed by atoms with Gasteiger partial charge in [-0.3, -0.25) is 14.4 Å². The number of hydrogen-bond donors (Lipinski definition) is 19. The number of rotatable bonds is 101. The molecular formula is C113H229N3O22. The summed E-state index contributed by atoms with van der Waals surface area (Å²) in [7, 11) is 0. The van der Waals surface area contributed by atoms with E-state index >= 15 is 0 Å². The van der Waals surface area contributed by atoms with E-state index in [1.54, 1.807) is 13.8 Å². The molecule has 0 aliphatic heterocycles. The van der Waals surface area contributed by atoms with Crippen molar-refractivity contribution in [1.82, 2.24) is 16.0 Å². The largest absolute Gasteiger partial charge is 0.396 e. The molecule has 0 bridgehead atoms. The van der Waals surface area contributed by atoms with Gasteiger partial charge >= 0.3 is 0 Å². The first-order valence-electron chi connectivity index (χ1n) is 57.8. The molecule has 1 rings (SSSR count). The van der Waals surface area contributed by atoms with Crippen molar-refractivity contribution < 1.29 is 110 Å². The quantitative estimate of drug-likeness (QED) is 0.0251. The highest BCUT2D eigenvalue weighted by Gasteiger charge is 2.44. The molecule has 25 nitrogen and oxygen atoms in total. The Hall–Kier alpha value is -2.35. The molecule has 0 heterocycles. The normalized spacial score (nSPS) is 17.8. The van der Waals surface area contributed by atoms with Crippen LogP contribution in [0.4, 0.5) is 0 Å². The second-order valence-corrected chi connectivity index (χ2v) is 41.1. The van der Waals surface area contributed by atoms with Crippen molar-refractivity contribution in [3.63, 3.8) is 0 Å². The third kappa shape index (κ3) is 84.7. The zero-order valence-corrected chi connectivity index (χ0v) is 89.1. The molecule has 19 N–H and O–H groups in total. The van der Waals surface area contributed by atoms with Crippen molar-refractivity contribution in [1.29, 1.82) is 0 Å². The summed E-state index contributed by atoms with van der Waals surface area (Å²) >= 11 is 0. The van der Waals surface area contributed by atoms with Gasteiger partial charge in [0.1, 0.15) is 54.9 Å². The van der Waals surface area contributed by atoms with Crippen LogP contribution in [-0.2, 0) is 28.6 Å². The van der Waals surface area contributed by atoms with Gasteiger partial charge in [-0.25, -0.2) is 0 Å². The van der Waals surface area contributed by atoms with Crippen molar-refractivity contribution >= 4 is 17.7 Å². The lowest BCUT2D eigenvalue weighted by atomic mass is 9.81. The molecule has 0 radical (unpaired) electrons. The maximum absolute atomic E-state index is 12.7. The number of carbonyl (C=O) groups excluding carboxylic acids is 3. The minimum atomic E-state index is -1.59. The predicted octanol–water partition coefficient (Wildman–Crippen LogP) is 20.9. The fourth-order valence-corrected chi connectivity index (χ4v) is 18.4. The van der Waals surface area contributed by atoms with Gasteiger partial charge < -0.3 is 112 Å². The lowest BCUT2D eigenvalue weighted by molar-refractivity contribution is -0.181. The van der Waals surface area contributed by atoms with Crippen LogP contribution in [0.25, 0.3) is 0 Å². The molecule has 138 heavy (non-hydrogen) atoms. The monoisotopic (exact) mass is 1980 g/mol. The summed E-state index contributed by atoms with van der Waals surface area (Å²) < 4.78 is 16.5. The average molecular weight is 1980 g/mol. The van der Waals surface area contributed by atoms with Gasteiger partial charge in [-0.15, -0.1) is 0 Å². The maximum Gasteiger partial charge on any atom is 0.220 e.